The largest absolute Gasteiger partial charge is 0.478 e. The minimum Gasteiger partial charge on any atom is -0.478 e. The van der Waals surface area contributed by atoms with Gasteiger partial charge in [0.2, 0.25) is 0 Å². The van der Waals surface area contributed by atoms with Crippen molar-refractivity contribution in [3.05, 3.63) is 35.4 Å². The van der Waals surface area contributed by atoms with Gasteiger partial charge in [-0.25, -0.2) is 13.2 Å². The van der Waals surface area contributed by atoms with Gasteiger partial charge < -0.3 is 14.7 Å². The number of carbonyl (C=O) groups excluding carboxylic acids is 1. The molecule has 7 nitrogen and oxygen atoms in total. The van der Waals surface area contributed by atoms with Crippen molar-refractivity contribution < 1.29 is 27.9 Å². The minimum absolute atomic E-state index is 0.0291. The van der Waals surface area contributed by atoms with Gasteiger partial charge in [0.15, 0.2) is 9.84 Å². The Bertz CT molecular complexity index is 752. The number of benzene rings is 1. The molecule has 2 unspecified atom stereocenters. The fraction of sp³-hybridized carbons (Fsp3) is 0.529. The molecule has 2 atom stereocenters. The van der Waals surface area contributed by atoms with E-state index in [9.17, 15) is 18.0 Å². The average Bonchev–Trinajstić information content (AvgIpc) is 3.21. The number of nitrogens with zero attached hydrogens (tertiary/aromatic N) is 1. The number of sulfone groups is 1. The standard InChI is InChI=1S/C17H21NO6S/c19-16(12-3-5-13(6-4-12)17(20)21)18(10-15-2-1-8-24-15)14-7-9-25(22,23)11-14/h3-6,14-15H,1-2,7-11H2,(H,20,21). The third-order valence-corrected chi connectivity index (χ3v) is 6.46. The van der Waals surface area contributed by atoms with Crippen LogP contribution in [0.15, 0.2) is 24.3 Å². The van der Waals surface area contributed by atoms with Crippen LogP contribution in [0.4, 0.5) is 0 Å². The van der Waals surface area contributed by atoms with Crippen LogP contribution < -0.4 is 0 Å². The quantitative estimate of drug-likeness (QED) is 0.839. The zero-order chi connectivity index (χ0) is 18.0. The Balaban J connectivity index is 1.81. The van der Waals surface area contributed by atoms with E-state index < -0.39 is 15.8 Å². The van der Waals surface area contributed by atoms with Crippen LogP contribution in [0.25, 0.3) is 0 Å². The highest BCUT2D eigenvalue weighted by atomic mass is 32.2. The van der Waals surface area contributed by atoms with Crippen molar-refractivity contribution in [2.24, 2.45) is 0 Å². The lowest BCUT2D eigenvalue weighted by Gasteiger charge is -2.30. The average molecular weight is 367 g/mol. The number of hydrogen-bond acceptors (Lipinski definition) is 5. The van der Waals surface area contributed by atoms with Crippen molar-refractivity contribution in [1.29, 1.82) is 0 Å². The van der Waals surface area contributed by atoms with E-state index in [1.165, 1.54) is 24.3 Å². The molecule has 8 heteroatoms. The van der Waals surface area contributed by atoms with Gasteiger partial charge in [0, 0.05) is 24.8 Å². The van der Waals surface area contributed by atoms with Crippen LogP contribution >= 0.6 is 0 Å². The van der Waals surface area contributed by atoms with Gasteiger partial charge in [-0.2, -0.15) is 0 Å². The third kappa shape index (κ3) is 4.19. The van der Waals surface area contributed by atoms with Crippen LogP contribution in [0.1, 0.15) is 40.0 Å². The molecule has 0 aliphatic carbocycles. The minimum atomic E-state index is -3.12. The van der Waals surface area contributed by atoms with Crippen molar-refractivity contribution in [3.63, 3.8) is 0 Å². The molecule has 2 fully saturated rings. The monoisotopic (exact) mass is 367 g/mol. The zero-order valence-electron chi connectivity index (χ0n) is 13.8. The molecule has 0 saturated carbocycles. The molecule has 2 aliphatic heterocycles. The highest BCUT2D eigenvalue weighted by molar-refractivity contribution is 7.91. The summed E-state index contributed by atoms with van der Waals surface area (Å²) in [7, 11) is -3.12. The molecular formula is C17H21NO6S. The second kappa shape index (κ2) is 7.13. The highest BCUT2D eigenvalue weighted by Gasteiger charge is 2.36. The summed E-state index contributed by atoms with van der Waals surface area (Å²) < 4.78 is 29.3. The summed E-state index contributed by atoms with van der Waals surface area (Å²) in [6.45, 7) is 1.02. The molecular weight excluding hydrogens is 346 g/mol. The van der Waals surface area contributed by atoms with Crippen LogP contribution in [-0.2, 0) is 14.6 Å². The van der Waals surface area contributed by atoms with E-state index in [1.54, 1.807) is 4.90 Å². The normalized spacial score (nSPS) is 25.0. The number of hydrogen-bond donors (Lipinski definition) is 1. The second-order valence-corrected chi connectivity index (χ2v) is 8.76. The van der Waals surface area contributed by atoms with E-state index in [-0.39, 0.29) is 35.1 Å². The van der Waals surface area contributed by atoms with Crippen LogP contribution in [0, 0.1) is 0 Å². The van der Waals surface area contributed by atoms with E-state index in [4.69, 9.17) is 9.84 Å². The SMILES string of the molecule is O=C(O)c1ccc(C(=O)N(CC2CCCO2)C2CCS(=O)(=O)C2)cc1. The maximum Gasteiger partial charge on any atom is 0.335 e. The Morgan fingerprint density at radius 1 is 1.16 bits per heavy atom. The van der Waals surface area contributed by atoms with Gasteiger partial charge in [-0.1, -0.05) is 0 Å². The van der Waals surface area contributed by atoms with Crippen molar-refractivity contribution in [2.45, 2.75) is 31.4 Å². The van der Waals surface area contributed by atoms with Gasteiger partial charge in [-0.3, -0.25) is 4.79 Å². The number of amides is 1. The summed E-state index contributed by atoms with van der Waals surface area (Å²) in [5.74, 6) is -1.28. The number of rotatable bonds is 5. The molecule has 0 aromatic heterocycles. The van der Waals surface area contributed by atoms with Crippen LogP contribution in [0.3, 0.4) is 0 Å². The van der Waals surface area contributed by atoms with Crippen LogP contribution in [0.5, 0.6) is 0 Å². The van der Waals surface area contributed by atoms with E-state index >= 15 is 0 Å². The molecule has 3 rings (SSSR count). The molecule has 25 heavy (non-hydrogen) atoms. The van der Waals surface area contributed by atoms with E-state index in [0.29, 0.717) is 25.1 Å². The number of carbonyl (C=O) groups is 2. The summed E-state index contributed by atoms with van der Waals surface area (Å²) in [6, 6.07) is 5.34. The predicted octanol–water partition coefficient (Wildman–Crippen LogP) is 1.19. The summed E-state index contributed by atoms with van der Waals surface area (Å²) in [5, 5.41) is 8.96. The second-order valence-electron chi connectivity index (χ2n) is 6.53. The van der Waals surface area contributed by atoms with E-state index in [2.05, 4.69) is 0 Å². The smallest absolute Gasteiger partial charge is 0.335 e. The molecule has 2 saturated heterocycles. The first-order valence-electron chi connectivity index (χ1n) is 8.32. The third-order valence-electron chi connectivity index (χ3n) is 4.71. The first-order valence-corrected chi connectivity index (χ1v) is 10.1. The fourth-order valence-corrected chi connectivity index (χ4v) is 5.08. The Hall–Kier alpha value is -1.93. The highest BCUT2D eigenvalue weighted by Crippen LogP contribution is 2.23. The van der Waals surface area contributed by atoms with Gasteiger partial charge in [-0.15, -0.1) is 0 Å². The molecule has 1 amide bonds. The molecule has 0 spiro atoms. The summed E-state index contributed by atoms with van der Waals surface area (Å²) in [4.78, 5) is 25.5. The summed E-state index contributed by atoms with van der Waals surface area (Å²) in [6.07, 6.45) is 2.13. The lowest BCUT2D eigenvalue weighted by Crippen LogP contribution is -2.45. The van der Waals surface area contributed by atoms with Crippen molar-refractivity contribution >= 4 is 21.7 Å². The zero-order valence-corrected chi connectivity index (χ0v) is 14.6. The van der Waals surface area contributed by atoms with Crippen LogP contribution in [0.2, 0.25) is 0 Å². The maximum absolute atomic E-state index is 12.9. The van der Waals surface area contributed by atoms with Crippen molar-refractivity contribution in [1.82, 2.24) is 4.90 Å². The Kier molecular flexibility index (Phi) is 5.10. The van der Waals surface area contributed by atoms with Crippen molar-refractivity contribution in [3.8, 4) is 0 Å². The van der Waals surface area contributed by atoms with Crippen molar-refractivity contribution in [2.75, 3.05) is 24.7 Å². The molecule has 2 heterocycles. The Morgan fingerprint density at radius 3 is 2.36 bits per heavy atom. The lowest BCUT2D eigenvalue weighted by atomic mass is 10.1. The number of carboxylic acid groups (broad SMARTS) is 1. The first kappa shape index (κ1) is 17.9. The van der Waals surface area contributed by atoms with E-state index in [0.717, 1.165) is 12.8 Å². The first-order chi connectivity index (χ1) is 11.9. The van der Waals surface area contributed by atoms with Crippen LogP contribution in [-0.4, -0.2) is 67.1 Å². The topological polar surface area (TPSA) is 101 Å². The fourth-order valence-electron chi connectivity index (χ4n) is 3.35. The van der Waals surface area contributed by atoms with E-state index in [1.807, 2.05) is 0 Å². The molecule has 1 aromatic rings. The Morgan fingerprint density at radius 2 is 1.84 bits per heavy atom. The molecule has 0 bridgehead atoms. The molecule has 136 valence electrons. The lowest BCUT2D eigenvalue weighted by molar-refractivity contribution is 0.0441. The number of aromatic carboxylic acids is 1. The summed E-state index contributed by atoms with van der Waals surface area (Å²) in [5.41, 5.74) is 0.456. The molecule has 2 aliphatic rings. The number of ether oxygens (including phenoxy) is 1. The number of carboxylic acids is 1. The maximum atomic E-state index is 12.9. The van der Waals surface area contributed by atoms with Gasteiger partial charge in [0.1, 0.15) is 0 Å². The van der Waals surface area contributed by atoms with Gasteiger partial charge in [0.25, 0.3) is 5.91 Å². The summed E-state index contributed by atoms with van der Waals surface area (Å²) >= 11 is 0. The predicted molar refractivity (Wildman–Crippen MR) is 90.5 cm³/mol. The van der Waals surface area contributed by atoms with Gasteiger partial charge >= 0.3 is 5.97 Å². The molecule has 1 aromatic carbocycles. The molecule has 1 N–H and O–H groups in total. The van der Waals surface area contributed by atoms with Gasteiger partial charge in [0.05, 0.1) is 23.2 Å². The molecule has 0 radical (unpaired) electrons. The Labute approximate surface area is 146 Å². The van der Waals surface area contributed by atoms with Gasteiger partial charge in [-0.05, 0) is 43.5 Å².